The summed E-state index contributed by atoms with van der Waals surface area (Å²) in [6.45, 7) is 4.89. The molecule has 1 heterocycles. The van der Waals surface area contributed by atoms with Crippen LogP contribution in [-0.4, -0.2) is 18.4 Å². The lowest BCUT2D eigenvalue weighted by Crippen LogP contribution is -2.37. The summed E-state index contributed by atoms with van der Waals surface area (Å²) < 4.78 is 53.4. The standard InChI is InChI=1S/C23H24F4N2O/c1-13-7-16-12-29(20-4-3-17(24)9-19(20)25)6-5-18(16)14(2)22(13)28-21(30)8-15-10-23(26,27)11-15/h3-4,7,9,15H,5-6,8,10-12H2,1-2H3,(H,28,30). The first-order valence-electron chi connectivity index (χ1n) is 10.1. The van der Waals surface area contributed by atoms with E-state index in [4.69, 9.17) is 0 Å². The molecule has 0 spiro atoms. The predicted octanol–water partition coefficient (Wildman–Crippen LogP) is 5.52. The fourth-order valence-electron chi connectivity index (χ4n) is 4.65. The third-order valence-corrected chi connectivity index (χ3v) is 6.16. The molecule has 0 radical (unpaired) electrons. The van der Waals surface area contributed by atoms with Gasteiger partial charge in [0.2, 0.25) is 11.8 Å². The summed E-state index contributed by atoms with van der Waals surface area (Å²) in [4.78, 5) is 14.2. The number of nitrogens with one attached hydrogen (secondary N) is 1. The Morgan fingerprint density at radius 3 is 2.60 bits per heavy atom. The van der Waals surface area contributed by atoms with E-state index in [9.17, 15) is 22.4 Å². The SMILES string of the molecule is Cc1cc2c(c(C)c1NC(=O)CC1CC(F)(F)C1)CCN(c1ccc(F)cc1F)C2. The van der Waals surface area contributed by atoms with Crippen molar-refractivity contribution in [2.24, 2.45) is 5.92 Å². The van der Waals surface area contributed by atoms with E-state index in [2.05, 4.69) is 5.32 Å². The van der Waals surface area contributed by atoms with E-state index in [1.165, 1.54) is 12.1 Å². The molecule has 1 amide bonds. The highest BCUT2D eigenvalue weighted by Crippen LogP contribution is 2.44. The molecular formula is C23H24F4N2O. The van der Waals surface area contributed by atoms with Crippen molar-refractivity contribution in [1.29, 1.82) is 0 Å². The highest BCUT2D eigenvalue weighted by Gasteiger charge is 2.45. The number of nitrogens with zero attached hydrogens (tertiary/aromatic N) is 1. The summed E-state index contributed by atoms with van der Waals surface area (Å²) in [5, 5.41) is 2.91. The summed E-state index contributed by atoms with van der Waals surface area (Å²) in [5.41, 5.74) is 5.07. The Morgan fingerprint density at radius 1 is 1.20 bits per heavy atom. The molecule has 2 aromatic rings. The zero-order valence-corrected chi connectivity index (χ0v) is 17.0. The molecule has 4 rings (SSSR count). The number of alkyl halides is 2. The van der Waals surface area contributed by atoms with Crippen LogP contribution in [0.3, 0.4) is 0 Å². The van der Waals surface area contributed by atoms with Gasteiger partial charge in [0.25, 0.3) is 0 Å². The van der Waals surface area contributed by atoms with E-state index in [1.807, 2.05) is 24.8 Å². The monoisotopic (exact) mass is 420 g/mol. The van der Waals surface area contributed by atoms with Crippen LogP contribution in [0.15, 0.2) is 24.3 Å². The second-order valence-electron chi connectivity index (χ2n) is 8.48. The van der Waals surface area contributed by atoms with Crippen LogP contribution < -0.4 is 10.2 Å². The van der Waals surface area contributed by atoms with Crippen LogP contribution in [0.5, 0.6) is 0 Å². The van der Waals surface area contributed by atoms with Gasteiger partial charge in [-0.3, -0.25) is 4.79 Å². The van der Waals surface area contributed by atoms with Crippen molar-refractivity contribution >= 4 is 17.3 Å². The Morgan fingerprint density at radius 2 is 1.93 bits per heavy atom. The predicted molar refractivity (Wildman–Crippen MR) is 108 cm³/mol. The molecule has 1 N–H and O–H groups in total. The van der Waals surface area contributed by atoms with Crippen LogP contribution in [0.1, 0.15) is 41.5 Å². The van der Waals surface area contributed by atoms with Gasteiger partial charge in [0.15, 0.2) is 0 Å². The molecule has 0 saturated heterocycles. The van der Waals surface area contributed by atoms with E-state index >= 15 is 0 Å². The van der Waals surface area contributed by atoms with Gasteiger partial charge >= 0.3 is 0 Å². The Bertz CT molecular complexity index is 997. The molecule has 1 fully saturated rings. The third kappa shape index (κ3) is 4.02. The summed E-state index contributed by atoms with van der Waals surface area (Å²) in [6, 6.07) is 5.57. The summed E-state index contributed by atoms with van der Waals surface area (Å²) in [7, 11) is 0. The van der Waals surface area contributed by atoms with Crippen LogP contribution >= 0.6 is 0 Å². The smallest absolute Gasteiger partial charge is 0.248 e. The van der Waals surface area contributed by atoms with Crippen LogP contribution in [0.2, 0.25) is 0 Å². The van der Waals surface area contributed by atoms with Crippen molar-refractivity contribution in [2.45, 2.75) is 52.0 Å². The van der Waals surface area contributed by atoms with E-state index in [0.29, 0.717) is 25.2 Å². The van der Waals surface area contributed by atoms with Gasteiger partial charge in [-0.05, 0) is 60.6 Å². The highest BCUT2D eigenvalue weighted by atomic mass is 19.3. The van der Waals surface area contributed by atoms with Crippen molar-refractivity contribution in [3.05, 3.63) is 58.2 Å². The number of aryl methyl sites for hydroxylation is 1. The highest BCUT2D eigenvalue weighted by molar-refractivity contribution is 5.93. The van der Waals surface area contributed by atoms with Crippen molar-refractivity contribution in [1.82, 2.24) is 0 Å². The van der Waals surface area contributed by atoms with Crippen LogP contribution in [0, 0.1) is 31.4 Å². The van der Waals surface area contributed by atoms with Gasteiger partial charge in [-0.2, -0.15) is 0 Å². The van der Waals surface area contributed by atoms with Crippen LogP contribution in [0.4, 0.5) is 28.9 Å². The third-order valence-electron chi connectivity index (χ3n) is 6.16. The molecule has 3 nitrogen and oxygen atoms in total. The maximum atomic E-state index is 14.2. The number of amides is 1. The first-order valence-corrected chi connectivity index (χ1v) is 10.1. The lowest BCUT2D eigenvalue weighted by atomic mass is 9.79. The number of carbonyl (C=O) groups is 1. The first-order chi connectivity index (χ1) is 14.1. The minimum atomic E-state index is -2.63. The number of rotatable bonds is 4. The van der Waals surface area contributed by atoms with Crippen molar-refractivity contribution in [3.63, 3.8) is 0 Å². The largest absolute Gasteiger partial charge is 0.364 e. The molecule has 2 aromatic carbocycles. The quantitative estimate of drug-likeness (QED) is 0.661. The number of anilines is 2. The number of carbonyl (C=O) groups excluding carboxylic acids is 1. The lowest BCUT2D eigenvalue weighted by Gasteiger charge is -2.35. The van der Waals surface area contributed by atoms with Crippen molar-refractivity contribution in [3.8, 4) is 0 Å². The molecule has 1 saturated carbocycles. The van der Waals surface area contributed by atoms with Gasteiger partial charge in [-0.25, -0.2) is 17.6 Å². The topological polar surface area (TPSA) is 32.3 Å². The zero-order chi connectivity index (χ0) is 21.6. The molecule has 30 heavy (non-hydrogen) atoms. The van der Waals surface area contributed by atoms with E-state index in [1.54, 1.807) is 0 Å². The summed E-state index contributed by atoms with van der Waals surface area (Å²) >= 11 is 0. The minimum Gasteiger partial charge on any atom is -0.364 e. The number of hydrogen-bond acceptors (Lipinski definition) is 2. The van der Waals surface area contributed by atoms with Gasteiger partial charge in [0.05, 0.1) is 5.69 Å². The molecule has 0 bridgehead atoms. The Balaban J connectivity index is 1.50. The van der Waals surface area contributed by atoms with Gasteiger partial charge < -0.3 is 10.2 Å². The van der Waals surface area contributed by atoms with Gasteiger partial charge in [-0.15, -0.1) is 0 Å². The van der Waals surface area contributed by atoms with Gasteiger partial charge in [0.1, 0.15) is 11.6 Å². The molecule has 0 atom stereocenters. The maximum absolute atomic E-state index is 14.2. The van der Waals surface area contributed by atoms with Crippen LogP contribution in [0.25, 0.3) is 0 Å². The lowest BCUT2D eigenvalue weighted by molar-refractivity contribution is -0.129. The van der Waals surface area contributed by atoms with Crippen molar-refractivity contribution < 1.29 is 22.4 Å². The Labute approximate surface area is 173 Å². The van der Waals surface area contributed by atoms with Crippen molar-refractivity contribution in [2.75, 3.05) is 16.8 Å². The second-order valence-corrected chi connectivity index (χ2v) is 8.48. The van der Waals surface area contributed by atoms with Gasteiger partial charge in [-0.1, -0.05) is 6.07 Å². The van der Waals surface area contributed by atoms with E-state index in [-0.39, 0.29) is 31.1 Å². The second kappa shape index (κ2) is 7.60. The maximum Gasteiger partial charge on any atom is 0.248 e. The molecule has 7 heteroatoms. The van der Waals surface area contributed by atoms with Gasteiger partial charge in [0, 0.05) is 44.1 Å². The molecule has 2 aliphatic rings. The molecule has 0 aromatic heterocycles. The van der Waals surface area contributed by atoms with Crippen LogP contribution in [-0.2, 0) is 17.8 Å². The molecule has 160 valence electrons. The number of hydrogen-bond donors (Lipinski definition) is 1. The average Bonchev–Trinajstić information content (AvgIpc) is 2.63. The fourth-order valence-corrected chi connectivity index (χ4v) is 4.65. The number of halogens is 4. The number of benzene rings is 2. The van der Waals surface area contributed by atoms with E-state index in [0.717, 1.165) is 34.0 Å². The molecule has 1 aliphatic heterocycles. The molecular weight excluding hydrogens is 396 g/mol. The number of fused-ring (bicyclic) bond motifs is 1. The zero-order valence-electron chi connectivity index (χ0n) is 17.0. The average molecular weight is 420 g/mol. The summed E-state index contributed by atoms with van der Waals surface area (Å²) in [5.74, 6) is -4.33. The first kappa shape index (κ1) is 20.7. The molecule has 0 unspecified atom stereocenters. The summed E-state index contributed by atoms with van der Waals surface area (Å²) in [6.07, 6.45) is 0.315. The van der Waals surface area contributed by atoms with E-state index < -0.39 is 17.6 Å². The normalized spacial score (nSPS) is 18.0. The fraction of sp³-hybridized carbons (Fsp3) is 0.435. The Hall–Kier alpha value is -2.57. The molecule has 1 aliphatic carbocycles. The Kier molecular flexibility index (Phi) is 5.24. The minimum absolute atomic E-state index is 0.100.